The van der Waals surface area contributed by atoms with Crippen LogP contribution in [0, 0.1) is 11.8 Å². The molecule has 25 heavy (non-hydrogen) atoms. The number of hydrogen-bond acceptors (Lipinski definition) is 1. The van der Waals surface area contributed by atoms with Gasteiger partial charge in [-0.3, -0.25) is 0 Å². The quantitative estimate of drug-likeness (QED) is 0.353. The van der Waals surface area contributed by atoms with Crippen LogP contribution in [0.3, 0.4) is 0 Å². The van der Waals surface area contributed by atoms with Crippen LogP contribution in [0.4, 0.5) is 0 Å². The summed E-state index contributed by atoms with van der Waals surface area (Å²) in [4.78, 5) is 0. The van der Waals surface area contributed by atoms with Crippen molar-refractivity contribution >= 4 is 0 Å². The predicted octanol–water partition coefficient (Wildman–Crippen LogP) is 1.35. The van der Waals surface area contributed by atoms with Gasteiger partial charge >= 0.3 is 0 Å². The highest BCUT2D eigenvalue weighted by Gasteiger charge is 2.20. The Kier molecular flexibility index (Phi) is 9.62. The van der Waals surface area contributed by atoms with E-state index < -0.39 is 0 Å². The molecular weight excluding hydrogens is 421 g/mol. The molecule has 0 spiro atoms. The van der Waals surface area contributed by atoms with E-state index >= 15 is 0 Å². The van der Waals surface area contributed by atoms with Crippen molar-refractivity contribution in [3.05, 3.63) is 65.7 Å². The van der Waals surface area contributed by atoms with Gasteiger partial charge in [0.25, 0.3) is 0 Å². The molecule has 0 aliphatic carbocycles. The molecule has 0 radical (unpaired) electrons. The van der Waals surface area contributed by atoms with Crippen molar-refractivity contribution in [2.24, 2.45) is 0 Å². The standard InChI is InChI=1S/C22H28NO.HI/c1-4-23(5-2,6-3)18-19-24-22-16-14-21(15-17-22)13-12-20-10-8-7-9-11-20;/h7-11,14-17H,4-6,18-19H2,1-3H3;1H/q+1;/p-1. The molecule has 2 nitrogen and oxygen atoms in total. The molecule has 0 heterocycles. The molecule has 0 N–H and O–H groups in total. The van der Waals surface area contributed by atoms with Gasteiger partial charge in [0.2, 0.25) is 0 Å². The Morgan fingerprint density at radius 1 is 0.760 bits per heavy atom. The molecule has 0 bridgehead atoms. The minimum Gasteiger partial charge on any atom is -1.00 e. The second-order valence-electron chi connectivity index (χ2n) is 6.00. The largest absolute Gasteiger partial charge is 1.00 e. The van der Waals surface area contributed by atoms with Crippen LogP contribution in [0.2, 0.25) is 0 Å². The summed E-state index contributed by atoms with van der Waals surface area (Å²) >= 11 is 0. The second kappa shape index (κ2) is 11.2. The Hall–Kier alpha value is -1.51. The van der Waals surface area contributed by atoms with Gasteiger partial charge in [-0.2, -0.15) is 0 Å². The Labute approximate surface area is 169 Å². The fourth-order valence-corrected chi connectivity index (χ4v) is 2.80. The van der Waals surface area contributed by atoms with Crippen LogP contribution >= 0.6 is 0 Å². The van der Waals surface area contributed by atoms with Crippen molar-refractivity contribution in [1.82, 2.24) is 0 Å². The maximum absolute atomic E-state index is 5.92. The highest BCUT2D eigenvalue weighted by Crippen LogP contribution is 2.13. The van der Waals surface area contributed by atoms with E-state index in [0.717, 1.165) is 54.1 Å². The molecule has 0 aliphatic rings. The van der Waals surface area contributed by atoms with Gasteiger partial charge in [-0.15, -0.1) is 0 Å². The number of benzene rings is 2. The number of likely N-dealkylation sites (N-methyl/N-ethyl adjacent to an activating group) is 1. The third kappa shape index (κ3) is 6.72. The van der Waals surface area contributed by atoms with Crippen LogP contribution in [-0.2, 0) is 0 Å². The van der Waals surface area contributed by atoms with E-state index in [-0.39, 0.29) is 24.0 Å². The molecule has 0 saturated heterocycles. The third-order valence-corrected chi connectivity index (χ3v) is 4.83. The summed E-state index contributed by atoms with van der Waals surface area (Å²) in [6.45, 7) is 12.1. The first kappa shape index (κ1) is 21.5. The van der Waals surface area contributed by atoms with Gasteiger partial charge in [-0.25, -0.2) is 0 Å². The van der Waals surface area contributed by atoms with E-state index in [1.54, 1.807) is 0 Å². The molecule has 0 saturated carbocycles. The topological polar surface area (TPSA) is 9.23 Å². The molecule has 3 heteroatoms. The number of halogens is 1. The van der Waals surface area contributed by atoms with Crippen molar-refractivity contribution in [3.63, 3.8) is 0 Å². The Morgan fingerprint density at radius 3 is 1.80 bits per heavy atom. The lowest BCUT2D eigenvalue weighted by molar-refractivity contribution is -0.923. The normalized spacial score (nSPS) is 10.4. The zero-order valence-corrected chi connectivity index (χ0v) is 17.6. The van der Waals surface area contributed by atoms with E-state index in [0.29, 0.717) is 0 Å². The number of ether oxygens (including phenoxy) is 1. The Bertz CT molecular complexity index is 658. The maximum Gasteiger partial charge on any atom is 0.137 e. The van der Waals surface area contributed by atoms with Crippen LogP contribution < -0.4 is 28.7 Å². The summed E-state index contributed by atoms with van der Waals surface area (Å²) in [6, 6.07) is 18.1. The number of hydrogen-bond donors (Lipinski definition) is 0. The molecular formula is C22H28INO. The van der Waals surface area contributed by atoms with Gasteiger partial charge in [0.1, 0.15) is 18.9 Å². The molecule has 2 aromatic carbocycles. The first-order valence-electron chi connectivity index (χ1n) is 8.86. The van der Waals surface area contributed by atoms with E-state index in [2.05, 4.69) is 32.6 Å². The van der Waals surface area contributed by atoms with E-state index in [9.17, 15) is 0 Å². The average Bonchev–Trinajstić information content (AvgIpc) is 2.66. The van der Waals surface area contributed by atoms with Crippen molar-refractivity contribution in [1.29, 1.82) is 0 Å². The lowest BCUT2D eigenvalue weighted by Gasteiger charge is -2.35. The average molecular weight is 449 g/mol. The van der Waals surface area contributed by atoms with Crippen LogP contribution in [0.5, 0.6) is 5.75 Å². The first-order valence-corrected chi connectivity index (χ1v) is 8.86. The summed E-state index contributed by atoms with van der Waals surface area (Å²) < 4.78 is 7.03. The summed E-state index contributed by atoms with van der Waals surface area (Å²) in [7, 11) is 0. The van der Waals surface area contributed by atoms with E-state index in [1.807, 2.05) is 54.6 Å². The van der Waals surface area contributed by atoms with E-state index in [1.165, 1.54) is 0 Å². The molecule has 2 aromatic rings. The third-order valence-electron chi connectivity index (χ3n) is 4.83. The SMILES string of the molecule is CC[N+](CC)(CC)CCOc1ccc(C#Cc2ccccc2)cc1.[I-]. The number of quaternary nitrogens is 1. The molecule has 0 atom stereocenters. The zero-order valence-electron chi connectivity index (χ0n) is 15.5. The fraction of sp³-hybridized carbons (Fsp3) is 0.364. The van der Waals surface area contributed by atoms with Crippen molar-refractivity contribution in [3.8, 4) is 17.6 Å². The predicted molar refractivity (Wildman–Crippen MR) is 101 cm³/mol. The minimum absolute atomic E-state index is 0. The van der Waals surface area contributed by atoms with Crippen molar-refractivity contribution in [2.75, 3.05) is 32.8 Å². The number of rotatable bonds is 7. The van der Waals surface area contributed by atoms with Gasteiger partial charge in [0, 0.05) is 11.1 Å². The zero-order chi connectivity index (χ0) is 17.3. The molecule has 0 fully saturated rings. The van der Waals surface area contributed by atoms with Gasteiger partial charge in [-0.1, -0.05) is 30.0 Å². The highest BCUT2D eigenvalue weighted by molar-refractivity contribution is 5.44. The summed E-state index contributed by atoms with van der Waals surface area (Å²) in [5.41, 5.74) is 2.04. The number of nitrogens with zero attached hydrogens (tertiary/aromatic N) is 1. The summed E-state index contributed by atoms with van der Waals surface area (Å²) in [5, 5.41) is 0. The monoisotopic (exact) mass is 449 g/mol. The van der Waals surface area contributed by atoms with Gasteiger partial charge in [0.15, 0.2) is 0 Å². The Morgan fingerprint density at radius 2 is 1.28 bits per heavy atom. The molecule has 0 aliphatic heterocycles. The molecule has 0 aromatic heterocycles. The van der Waals surface area contributed by atoms with E-state index in [4.69, 9.17) is 4.74 Å². The molecule has 134 valence electrons. The fourth-order valence-electron chi connectivity index (χ4n) is 2.80. The van der Waals surface area contributed by atoms with Gasteiger partial charge in [-0.05, 0) is 57.2 Å². The van der Waals surface area contributed by atoms with Crippen LogP contribution in [-0.4, -0.2) is 37.3 Å². The lowest BCUT2D eigenvalue weighted by atomic mass is 10.2. The van der Waals surface area contributed by atoms with Gasteiger partial charge < -0.3 is 33.2 Å². The van der Waals surface area contributed by atoms with Crippen molar-refractivity contribution in [2.45, 2.75) is 20.8 Å². The van der Waals surface area contributed by atoms with Crippen LogP contribution in [0.15, 0.2) is 54.6 Å². The smallest absolute Gasteiger partial charge is 0.137 e. The van der Waals surface area contributed by atoms with Crippen LogP contribution in [0.1, 0.15) is 31.9 Å². The van der Waals surface area contributed by atoms with Crippen molar-refractivity contribution < 1.29 is 33.2 Å². The van der Waals surface area contributed by atoms with Gasteiger partial charge in [0.05, 0.1) is 19.6 Å². The lowest BCUT2D eigenvalue weighted by Crippen LogP contribution is -3.00. The first-order chi connectivity index (χ1) is 11.7. The molecule has 0 unspecified atom stereocenters. The maximum atomic E-state index is 5.92. The Balaban J connectivity index is 0.00000312. The highest BCUT2D eigenvalue weighted by atomic mass is 127. The molecule has 2 rings (SSSR count). The summed E-state index contributed by atoms with van der Waals surface area (Å²) in [6.07, 6.45) is 0. The summed E-state index contributed by atoms with van der Waals surface area (Å²) in [5.74, 6) is 7.28. The molecule has 0 amide bonds. The minimum atomic E-state index is 0. The van der Waals surface area contributed by atoms with Crippen LogP contribution in [0.25, 0.3) is 0 Å². The second-order valence-corrected chi connectivity index (χ2v) is 6.00.